The molecule has 0 bridgehead atoms. The normalized spacial score (nSPS) is 12.2. The fraction of sp³-hybridized carbons (Fsp3) is 0.333. The Bertz CT molecular complexity index is 582. The molecule has 0 spiro atoms. The molecule has 6 nitrogen and oxygen atoms in total. The second-order valence-corrected chi connectivity index (χ2v) is 4.77. The maximum absolute atomic E-state index is 12.2. The molecule has 1 N–H and O–H groups in total. The van der Waals surface area contributed by atoms with E-state index in [2.05, 4.69) is 10.3 Å². The predicted molar refractivity (Wildman–Crippen MR) is 78.3 cm³/mol. The van der Waals surface area contributed by atoms with Crippen LogP contribution in [0.15, 0.2) is 41.1 Å². The summed E-state index contributed by atoms with van der Waals surface area (Å²) >= 11 is 0. The lowest BCUT2D eigenvalue weighted by molar-refractivity contribution is 0.0935. The maximum atomic E-state index is 12.2. The van der Waals surface area contributed by atoms with Gasteiger partial charge in [-0.25, -0.2) is 4.98 Å². The third-order valence-corrected chi connectivity index (χ3v) is 3.16. The van der Waals surface area contributed by atoms with Gasteiger partial charge in [-0.1, -0.05) is 0 Å². The molecular formula is C15H19N3O3. The van der Waals surface area contributed by atoms with Crippen LogP contribution in [0.3, 0.4) is 0 Å². The smallest absolute Gasteiger partial charge is 0.256 e. The molecule has 0 fully saturated rings. The zero-order valence-corrected chi connectivity index (χ0v) is 12.4. The lowest BCUT2D eigenvalue weighted by Crippen LogP contribution is -2.34. The second-order valence-electron chi connectivity index (χ2n) is 4.77. The first-order chi connectivity index (χ1) is 10.1. The first-order valence-corrected chi connectivity index (χ1v) is 6.60. The fourth-order valence-electron chi connectivity index (χ4n) is 2.03. The molecule has 0 saturated carbocycles. The number of pyridine rings is 1. The number of methoxy groups -OCH3 is 1. The Morgan fingerprint density at radius 3 is 2.86 bits per heavy atom. The monoisotopic (exact) mass is 289 g/mol. The number of nitrogens with one attached hydrogen (secondary N) is 1. The van der Waals surface area contributed by atoms with Crippen molar-refractivity contribution in [2.75, 3.05) is 27.7 Å². The highest BCUT2D eigenvalue weighted by Gasteiger charge is 2.19. The molecule has 6 heteroatoms. The van der Waals surface area contributed by atoms with Crippen LogP contribution in [-0.4, -0.2) is 43.5 Å². The Morgan fingerprint density at radius 2 is 2.24 bits per heavy atom. The van der Waals surface area contributed by atoms with Gasteiger partial charge in [0.2, 0.25) is 5.88 Å². The van der Waals surface area contributed by atoms with Crippen molar-refractivity contribution in [2.45, 2.75) is 6.04 Å². The van der Waals surface area contributed by atoms with E-state index in [9.17, 15) is 4.79 Å². The summed E-state index contributed by atoms with van der Waals surface area (Å²) in [4.78, 5) is 18.2. The molecule has 0 saturated heterocycles. The number of carbonyl (C=O) groups is 1. The molecule has 2 heterocycles. The summed E-state index contributed by atoms with van der Waals surface area (Å²) in [6.45, 7) is 0.428. The van der Waals surface area contributed by atoms with Crippen molar-refractivity contribution in [3.05, 3.63) is 48.0 Å². The Kier molecular flexibility index (Phi) is 4.94. The van der Waals surface area contributed by atoms with Gasteiger partial charge in [0.25, 0.3) is 5.91 Å². The highest BCUT2D eigenvalue weighted by molar-refractivity contribution is 5.96. The molecule has 0 aliphatic rings. The Hall–Kier alpha value is -2.34. The molecule has 0 radical (unpaired) electrons. The Labute approximate surface area is 123 Å². The van der Waals surface area contributed by atoms with Crippen LogP contribution in [-0.2, 0) is 0 Å². The molecule has 1 unspecified atom stereocenters. The van der Waals surface area contributed by atoms with Crippen molar-refractivity contribution in [3.8, 4) is 5.88 Å². The van der Waals surface area contributed by atoms with Crippen LogP contribution >= 0.6 is 0 Å². The van der Waals surface area contributed by atoms with Gasteiger partial charge < -0.3 is 14.5 Å². The molecule has 1 amide bonds. The minimum Gasteiger partial charge on any atom is -0.480 e. The van der Waals surface area contributed by atoms with Crippen LogP contribution in [0.5, 0.6) is 5.88 Å². The summed E-state index contributed by atoms with van der Waals surface area (Å²) in [5.41, 5.74) is 0.414. The fourth-order valence-corrected chi connectivity index (χ4v) is 2.03. The number of rotatable bonds is 6. The summed E-state index contributed by atoms with van der Waals surface area (Å²) in [6.07, 6.45) is 3.21. The number of ether oxygens (including phenoxy) is 1. The van der Waals surface area contributed by atoms with E-state index < -0.39 is 0 Å². The van der Waals surface area contributed by atoms with Gasteiger partial charge in [-0.15, -0.1) is 0 Å². The van der Waals surface area contributed by atoms with Crippen LogP contribution in [0, 0.1) is 0 Å². The van der Waals surface area contributed by atoms with E-state index in [1.165, 1.54) is 7.11 Å². The quantitative estimate of drug-likeness (QED) is 0.877. The number of nitrogens with zero attached hydrogens (tertiary/aromatic N) is 2. The highest BCUT2D eigenvalue weighted by Crippen LogP contribution is 2.18. The number of furan rings is 1. The largest absolute Gasteiger partial charge is 0.480 e. The lowest BCUT2D eigenvalue weighted by Gasteiger charge is -2.22. The average Bonchev–Trinajstić information content (AvgIpc) is 3.01. The van der Waals surface area contributed by atoms with Crippen LogP contribution in [0.25, 0.3) is 0 Å². The van der Waals surface area contributed by atoms with E-state index >= 15 is 0 Å². The molecule has 2 rings (SSSR count). The van der Waals surface area contributed by atoms with Gasteiger partial charge in [-0.2, -0.15) is 0 Å². The van der Waals surface area contributed by atoms with Crippen molar-refractivity contribution in [2.24, 2.45) is 0 Å². The van der Waals surface area contributed by atoms with Crippen molar-refractivity contribution in [3.63, 3.8) is 0 Å². The molecule has 1 atom stereocenters. The lowest BCUT2D eigenvalue weighted by atomic mass is 10.2. The number of hydrogen-bond donors (Lipinski definition) is 1. The predicted octanol–water partition coefficient (Wildman–Crippen LogP) is 1.72. The molecule has 0 aliphatic heterocycles. The highest BCUT2D eigenvalue weighted by atomic mass is 16.5. The summed E-state index contributed by atoms with van der Waals surface area (Å²) in [5.74, 6) is 0.895. The summed E-state index contributed by atoms with van der Waals surface area (Å²) < 4.78 is 10.5. The first kappa shape index (κ1) is 15.1. The number of likely N-dealkylation sites (N-methyl/N-ethyl adjacent to an activating group) is 1. The van der Waals surface area contributed by atoms with Crippen LogP contribution < -0.4 is 10.1 Å². The van der Waals surface area contributed by atoms with E-state index in [1.807, 2.05) is 31.1 Å². The van der Waals surface area contributed by atoms with E-state index in [0.717, 1.165) is 5.76 Å². The van der Waals surface area contributed by atoms with Gasteiger partial charge in [0.15, 0.2) is 0 Å². The molecule has 0 aliphatic carbocycles. The van der Waals surface area contributed by atoms with Crippen molar-refractivity contribution in [1.29, 1.82) is 0 Å². The molecule has 21 heavy (non-hydrogen) atoms. The topological polar surface area (TPSA) is 67.6 Å². The standard InChI is InChI=1S/C15H19N3O3/c1-18(2)12(13-7-5-9-21-13)10-17-14(19)11-6-4-8-16-15(11)20-3/h4-9,12H,10H2,1-3H3,(H,17,19). The van der Waals surface area contributed by atoms with Crippen molar-refractivity contribution < 1.29 is 13.9 Å². The summed E-state index contributed by atoms with van der Waals surface area (Å²) in [5, 5.41) is 2.88. The number of amides is 1. The Balaban J connectivity index is 2.06. The van der Waals surface area contributed by atoms with Crippen molar-refractivity contribution in [1.82, 2.24) is 15.2 Å². The van der Waals surface area contributed by atoms with Gasteiger partial charge in [0.1, 0.15) is 11.3 Å². The van der Waals surface area contributed by atoms with Crippen molar-refractivity contribution >= 4 is 5.91 Å². The van der Waals surface area contributed by atoms with Gasteiger partial charge in [0.05, 0.1) is 19.4 Å². The zero-order chi connectivity index (χ0) is 15.2. The number of aromatic nitrogens is 1. The van der Waals surface area contributed by atoms with Gasteiger partial charge in [0, 0.05) is 12.7 Å². The summed E-state index contributed by atoms with van der Waals surface area (Å²) in [7, 11) is 5.36. The van der Waals surface area contributed by atoms with Crippen LogP contribution in [0.4, 0.5) is 0 Å². The molecule has 112 valence electrons. The van der Waals surface area contributed by atoms with E-state index in [1.54, 1.807) is 24.6 Å². The average molecular weight is 289 g/mol. The van der Waals surface area contributed by atoms with Gasteiger partial charge in [-0.3, -0.25) is 9.69 Å². The van der Waals surface area contributed by atoms with Gasteiger partial charge in [-0.05, 0) is 38.4 Å². The third kappa shape index (κ3) is 3.61. The second kappa shape index (κ2) is 6.90. The third-order valence-electron chi connectivity index (χ3n) is 3.16. The molecule has 2 aromatic heterocycles. The summed E-state index contributed by atoms with van der Waals surface area (Å²) in [6, 6.07) is 7.07. The minimum atomic E-state index is -0.224. The van der Waals surface area contributed by atoms with Crippen LogP contribution in [0.1, 0.15) is 22.2 Å². The minimum absolute atomic E-state index is 0.0355. The Morgan fingerprint density at radius 1 is 1.43 bits per heavy atom. The number of carbonyl (C=O) groups excluding carboxylic acids is 1. The number of hydrogen-bond acceptors (Lipinski definition) is 5. The van der Waals surface area contributed by atoms with E-state index in [0.29, 0.717) is 18.0 Å². The first-order valence-electron chi connectivity index (χ1n) is 6.60. The van der Waals surface area contributed by atoms with Gasteiger partial charge >= 0.3 is 0 Å². The SMILES string of the molecule is COc1ncccc1C(=O)NCC(c1ccco1)N(C)C. The van der Waals surface area contributed by atoms with Crippen LogP contribution in [0.2, 0.25) is 0 Å². The van der Waals surface area contributed by atoms with E-state index in [4.69, 9.17) is 9.15 Å². The maximum Gasteiger partial charge on any atom is 0.256 e. The van der Waals surface area contributed by atoms with E-state index in [-0.39, 0.29) is 11.9 Å². The molecule has 2 aromatic rings. The zero-order valence-electron chi connectivity index (χ0n) is 12.4. The molecule has 0 aromatic carbocycles. The molecular weight excluding hydrogens is 270 g/mol.